The van der Waals surface area contributed by atoms with E-state index < -0.39 is 0 Å². The molecule has 0 aromatic carbocycles. The van der Waals surface area contributed by atoms with Crippen molar-refractivity contribution < 1.29 is 0 Å². The number of nitrogens with zero attached hydrogens (tertiary/aromatic N) is 2. The highest BCUT2D eigenvalue weighted by atomic mass is 15.4. The number of likely N-dealkylation sites (tertiary alicyclic amines) is 1. The van der Waals surface area contributed by atoms with Crippen molar-refractivity contribution in [1.29, 1.82) is 0 Å². The average molecular weight is 198 g/mol. The molecule has 0 aromatic rings. The van der Waals surface area contributed by atoms with Gasteiger partial charge in [0.2, 0.25) is 5.96 Å². The van der Waals surface area contributed by atoms with E-state index in [1.807, 2.05) is 0 Å². The number of nitrogens with one attached hydrogen (secondary N) is 1. The van der Waals surface area contributed by atoms with E-state index in [1.54, 1.807) is 0 Å². The average Bonchev–Trinajstić information content (AvgIpc) is 2.21. The fourth-order valence-corrected chi connectivity index (χ4v) is 1.68. The molecule has 4 nitrogen and oxygen atoms in total. The largest absolute Gasteiger partial charge is 0.342 e. The zero-order valence-corrected chi connectivity index (χ0v) is 9.29. The van der Waals surface area contributed by atoms with E-state index in [0.29, 0.717) is 0 Å². The van der Waals surface area contributed by atoms with E-state index >= 15 is 0 Å². The van der Waals surface area contributed by atoms with Crippen molar-refractivity contribution in [2.24, 2.45) is 16.8 Å². The Morgan fingerprint density at radius 1 is 1.50 bits per heavy atom. The standard InChI is InChI=1S/C10H22N4/c1-3-6-12-10(13-11)14-7-4-9(2)5-8-14/h9H,3-8,11H2,1-2H3,(H,12,13). The Morgan fingerprint density at radius 2 is 2.14 bits per heavy atom. The van der Waals surface area contributed by atoms with E-state index in [0.717, 1.165) is 37.9 Å². The van der Waals surface area contributed by atoms with E-state index in [2.05, 4.69) is 29.2 Å². The fraction of sp³-hybridized carbons (Fsp3) is 0.900. The molecule has 0 amide bonds. The Bertz CT molecular complexity index is 183. The van der Waals surface area contributed by atoms with Crippen LogP contribution in [0.5, 0.6) is 0 Å². The van der Waals surface area contributed by atoms with Gasteiger partial charge in [0.1, 0.15) is 0 Å². The van der Waals surface area contributed by atoms with Gasteiger partial charge >= 0.3 is 0 Å². The van der Waals surface area contributed by atoms with Gasteiger partial charge in [0.15, 0.2) is 0 Å². The molecule has 4 heteroatoms. The molecule has 14 heavy (non-hydrogen) atoms. The summed E-state index contributed by atoms with van der Waals surface area (Å²) < 4.78 is 0. The van der Waals surface area contributed by atoms with Crippen LogP contribution in [0.25, 0.3) is 0 Å². The van der Waals surface area contributed by atoms with Crippen LogP contribution < -0.4 is 11.3 Å². The van der Waals surface area contributed by atoms with Gasteiger partial charge < -0.3 is 4.90 Å². The van der Waals surface area contributed by atoms with E-state index in [9.17, 15) is 0 Å². The Morgan fingerprint density at radius 3 is 2.64 bits per heavy atom. The lowest BCUT2D eigenvalue weighted by molar-refractivity contribution is 0.273. The van der Waals surface area contributed by atoms with Crippen molar-refractivity contribution in [1.82, 2.24) is 10.3 Å². The molecular weight excluding hydrogens is 176 g/mol. The van der Waals surface area contributed by atoms with Crippen molar-refractivity contribution in [2.75, 3.05) is 19.6 Å². The highest BCUT2D eigenvalue weighted by Gasteiger charge is 2.17. The molecule has 82 valence electrons. The summed E-state index contributed by atoms with van der Waals surface area (Å²) in [7, 11) is 0. The highest BCUT2D eigenvalue weighted by molar-refractivity contribution is 5.79. The minimum absolute atomic E-state index is 0.844. The van der Waals surface area contributed by atoms with Gasteiger partial charge in [-0.05, 0) is 25.2 Å². The van der Waals surface area contributed by atoms with Gasteiger partial charge in [0, 0.05) is 19.6 Å². The maximum Gasteiger partial charge on any atom is 0.208 e. The van der Waals surface area contributed by atoms with E-state index in [1.165, 1.54) is 12.8 Å². The van der Waals surface area contributed by atoms with Crippen LogP contribution in [-0.4, -0.2) is 30.5 Å². The van der Waals surface area contributed by atoms with Gasteiger partial charge in [-0.1, -0.05) is 13.8 Å². The summed E-state index contributed by atoms with van der Waals surface area (Å²) in [6.07, 6.45) is 3.55. The SMILES string of the molecule is CCCN=C(NN)N1CCC(C)CC1. The third-order valence-electron chi connectivity index (χ3n) is 2.70. The quantitative estimate of drug-likeness (QED) is 0.300. The molecule has 1 heterocycles. The van der Waals surface area contributed by atoms with Crippen molar-refractivity contribution in [3.8, 4) is 0 Å². The summed E-state index contributed by atoms with van der Waals surface area (Å²) >= 11 is 0. The molecule has 1 aliphatic rings. The zero-order chi connectivity index (χ0) is 10.4. The lowest BCUT2D eigenvalue weighted by Gasteiger charge is -2.32. The predicted octanol–water partition coefficient (Wildman–Crippen LogP) is 0.948. The first kappa shape index (κ1) is 11.3. The van der Waals surface area contributed by atoms with Crippen LogP contribution in [0.15, 0.2) is 4.99 Å². The molecule has 1 aliphatic heterocycles. The minimum atomic E-state index is 0.844. The summed E-state index contributed by atoms with van der Waals surface area (Å²) in [6, 6.07) is 0. The Hall–Kier alpha value is -0.770. The molecule has 0 radical (unpaired) electrons. The molecule has 0 unspecified atom stereocenters. The van der Waals surface area contributed by atoms with Crippen LogP contribution in [0.4, 0.5) is 0 Å². The molecule has 0 bridgehead atoms. The molecule has 1 rings (SSSR count). The number of hydrogen-bond donors (Lipinski definition) is 2. The number of nitrogens with two attached hydrogens (primary N) is 1. The van der Waals surface area contributed by atoms with Gasteiger partial charge in [0.25, 0.3) is 0 Å². The second-order valence-corrected chi connectivity index (χ2v) is 4.02. The third-order valence-corrected chi connectivity index (χ3v) is 2.70. The number of hydrazine groups is 1. The molecular formula is C10H22N4. The van der Waals surface area contributed by atoms with Gasteiger partial charge in [0.05, 0.1) is 0 Å². The van der Waals surface area contributed by atoms with E-state index in [4.69, 9.17) is 5.84 Å². The lowest BCUT2D eigenvalue weighted by Crippen LogP contribution is -2.48. The minimum Gasteiger partial charge on any atom is -0.342 e. The molecule has 0 spiro atoms. The first-order chi connectivity index (χ1) is 6.77. The molecule has 0 saturated carbocycles. The van der Waals surface area contributed by atoms with E-state index in [-0.39, 0.29) is 0 Å². The summed E-state index contributed by atoms with van der Waals surface area (Å²) in [4.78, 5) is 6.66. The summed E-state index contributed by atoms with van der Waals surface area (Å²) in [5.41, 5.74) is 2.70. The first-order valence-electron chi connectivity index (χ1n) is 5.54. The van der Waals surface area contributed by atoms with Crippen molar-refractivity contribution in [3.05, 3.63) is 0 Å². The second kappa shape index (κ2) is 5.86. The summed E-state index contributed by atoms with van der Waals surface area (Å²) in [5, 5.41) is 0. The molecule has 0 aliphatic carbocycles. The maximum absolute atomic E-state index is 5.46. The fourth-order valence-electron chi connectivity index (χ4n) is 1.68. The van der Waals surface area contributed by atoms with Crippen molar-refractivity contribution >= 4 is 5.96 Å². The molecule has 3 N–H and O–H groups in total. The zero-order valence-electron chi connectivity index (χ0n) is 9.29. The van der Waals surface area contributed by atoms with Crippen LogP contribution in [-0.2, 0) is 0 Å². The topological polar surface area (TPSA) is 53.6 Å². The number of guanidine groups is 1. The Balaban J connectivity index is 2.44. The normalized spacial score (nSPS) is 19.9. The van der Waals surface area contributed by atoms with Gasteiger partial charge in [-0.2, -0.15) is 0 Å². The van der Waals surface area contributed by atoms with Crippen LogP contribution in [0.1, 0.15) is 33.1 Å². The van der Waals surface area contributed by atoms with Crippen LogP contribution in [0, 0.1) is 5.92 Å². The Labute approximate surface area is 86.5 Å². The molecule has 1 fully saturated rings. The Kier molecular flexibility index (Phi) is 4.73. The number of piperidine rings is 1. The second-order valence-electron chi connectivity index (χ2n) is 4.02. The van der Waals surface area contributed by atoms with Gasteiger partial charge in [-0.3, -0.25) is 10.4 Å². The van der Waals surface area contributed by atoms with Gasteiger partial charge in [-0.25, -0.2) is 5.84 Å². The van der Waals surface area contributed by atoms with Crippen LogP contribution >= 0.6 is 0 Å². The highest BCUT2D eigenvalue weighted by Crippen LogP contribution is 2.15. The monoisotopic (exact) mass is 198 g/mol. The van der Waals surface area contributed by atoms with Crippen LogP contribution in [0.2, 0.25) is 0 Å². The lowest BCUT2D eigenvalue weighted by atomic mass is 10.00. The molecule has 0 atom stereocenters. The van der Waals surface area contributed by atoms with Crippen molar-refractivity contribution in [2.45, 2.75) is 33.1 Å². The third kappa shape index (κ3) is 3.18. The number of hydrogen-bond acceptors (Lipinski definition) is 2. The molecule has 0 aromatic heterocycles. The van der Waals surface area contributed by atoms with Crippen molar-refractivity contribution in [3.63, 3.8) is 0 Å². The van der Waals surface area contributed by atoms with Gasteiger partial charge in [-0.15, -0.1) is 0 Å². The number of rotatable bonds is 2. The molecule has 1 saturated heterocycles. The van der Waals surface area contributed by atoms with Crippen LogP contribution in [0.3, 0.4) is 0 Å². The predicted molar refractivity (Wildman–Crippen MR) is 59.9 cm³/mol. The first-order valence-corrected chi connectivity index (χ1v) is 5.54. The smallest absolute Gasteiger partial charge is 0.208 e. The maximum atomic E-state index is 5.46. The summed E-state index contributed by atoms with van der Waals surface area (Å²) in [6.45, 7) is 7.43. The number of aliphatic imine (C=N–C) groups is 1. The summed E-state index contributed by atoms with van der Waals surface area (Å²) in [5.74, 6) is 7.16.